The summed E-state index contributed by atoms with van der Waals surface area (Å²) in [4.78, 5) is 17.4. The highest BCUT2D eigenvalue weighted by molar-refractivity contribution is 7.89. The van der Waals surface area contributed by atoms with E-state index < -0.39 is 22.0 Å². The summed E-state index contributed by atoms with van der Waals surface area (Å²) in [5, 5.41) is 3.82. The number of thiazole rings is 1. The molecular formula is C21H24ClN3O5S2. The number of aromatic nitrogens is 1. The zero-order valence-electron chi connectivity index (χ0n) is 18.2. The molecule has 0 saturated carbocycles. The second-order valence-corrected chi connectivity index (χ2v) is 10.7. The number of carbonyl (C=O) groups is 1. The number of fused-ring (bicyclic) bond motifs is 1. The van der Waals surface area contributed by atoms with Crippen LogP contribution >= 0.6 is 22.9 Å². The summed E-state index contributed by atoms with van der Waals surface area (Å²) in [5.74, 6) is -0.163. The molecule has 1 heterocycles. The van der Waals surface area contributed by atoms with Crippen LogP contribution in [0.1, 0.15) is 18.9 Å². The highest BCUT2D eigenvalue weighted by atomic mass is 35.5. The van der Waals surface area contributed by atoms with Crippen molar-refractivity contribution < 1.29 is 22.7 Å². The first kappa shape index (κ1) is 24.2. The van der Waals surface area contributed by atoms with Crippen LogP contribution in [-0.4, -0.2) is 39.6 Å². The number of carbonyl (C=O) groups excluding carboxylic acids is 1. The molecule has 172 valence electrons. The molecule has 2 N–H and O–H groups in total. The molecule has 0 radical (unpaired) electrons. The molecule has 0 bridgehead atoms. The van der Waals surface area contributed by atoms with Crippen LogP contribution in [0.4, 0.5) is 5.69 Å². The number of amides is 1. The summed E-state index contributed by atoms with van der Waals surface area (Å²) >= 11 is 7.58. The highest BCUT2D eigenvalue weighted by Gasteiger charge is 2.29. The molecule has 0 aliphatic rings. The van der Waals surface area contributed by atoms with E-state index in [0.717, 1.165) is 15.2 Å². The number of methoxy groups -OCH3 is 2. The van der Waals surface area contributed by atoms with E-state index in [0.29, 0.717) is 17.2 Å². The minimum Gasteiger partial charge on any atom is -0.495 e. The van der Waals surface area contributed by atoms with Gasteiger partial charge in [-0.15, -0.1) is 11.3 Å². The third kappa shape index (κ3) is 5.15. The van der Waals surface area contributed by atoms with E-state index in [-0.39, 0.29) is 15.8 Å². The van der Waals surface area contributed by atoms with Crippen molar-refractivity contribution in [2.24, 2.45) is 5.92 Å². The number of ether oxygens (including phenoxy) is 2. The highest BCUT2D eigenvalue weighted by Crippen LogP contribution is 2.36. The Morgan fingerprint density at radius 3 is 2.44 bits per heavy atom. The van der Waals surface area contributed by atoms with Crippen LogP contribution in [-0.2, 0) is 14.8 Å². The summed E-state index contributed by atoms with van der Waals surface area (Å²) in [6.45, 7) is 5.36. The maximum absolute atomic E-state index is 13.0. The first-order valence-electron chi connectivity index (χ1n) is 9.67. The Labute approximate surface area is 196 Å². The summed E-state index contributed by atoms with van der Waals surface area (Å²) < 4.78 is 39.8. The maximum atomic E-state index is 13.0. The number of anilines is 1. The van der Waals surface area contributed by atoms with Gasteiger partial charge in [0.2, 0.25) is 15.9 Å². The molecule has 0 aliphatic carbocycles. The van der Waals surface area contributed by atoms with E-state index in [1.807, 2.05) is 6.92 Å². The second kappa shape index (κ2) is 9.62. The fraction of sp³-hybridized carbons (Fsp3) is 0.333. The molecule has 32 heavy (non-hydrogen) atoms. The van der Waals surface area contributed by atoms with Gasteiger partial charge in [-0.05, 0) is 37.1 Å². The van der Waals surface area contributed by atoms with Crippen molar-refractivity contribution >= 4 is 54.8 Å². The molecule has 8 nitrogen and oxygen atoms in total. The lowest BCUT2D eigenvalue weighted by Crippen LogP contribution is -2.47. The second-order valence-electron chi connectivity index (χ2n) is 7.38. The predicted octanol–water partition coefficient (Wildman–Crippen LogP) is 4.22. The summed E-state index contributed by atoms with van der Waals surface area (Å²) in [5.41, 5.74) is 1.03. The van der Waals surface area contributed by atoms with Crippen LogP contribution < -0.4 is 19.5 Å². The van der Waals surface area contributed by atoms with Gasteiger partial charge in [0.15, 0.2) is 0 Å². The molecule has 1 atom stereocenters. The van der Waals surface area contributed by atoms with Crippen molar-refractivity contribution in [1.82, 2.24) is 9.71 Å². The van der Waals surface area contributed by atoms with Crippen LogP contribution in [0.2, 0.25) is 5.02 Å². The molecule has 0 spiro atoms. The van der Waals surface area contributed by atoms with Crippen LogP contribution in [0.15, 0.2) is 35.2 Å². The first-order valence-corrected chi connectivity index (χ1v) is 12.4. The monoisotopic (exact) mass is 497 g/mol. The number of halogens is 1. The number of sulfonamides is 1. The van der Waals surface area contributed by atoms with E-state index >= 15 is 0 Å². The standard InChI is InChI=1S/C21H24ClN3O5S2/c1-11(2)20(21(26)24-16-9-14(22)17(29-4)10-18(16)30-5)25-32(27,28)13-6-7-15-19(8-13)31-12(3)23-15/h6-11,20,25H,1-5H3,(H,24,26)/t20-/m1/s1. The smallest absolute Gasteiger partial charge is 0.242 e. The minimum absolute atomic E-state index is 0.0668. The number of hydrogen-bond acceptors (Lipinski definition) is 7. The minimum atomic E-state index is -3.97. The lowest BCUT2D eigenvalue weighted by molar-refractivity contribution is -0.118. The Kier molecular flexibility index (Phi) is 7.29. The van der Waals surface area contributed by atoms with Gasteiger partial charge in [0, 0.05) is 6.07 Å². The van der Waals surface area contributed by atoms with E-state index in [4.69, 9.17) is 21.1 Å². The van der Waals surface area contributed by atoms with Gasteiger partial charge in [0.25, 0.3) is 0 Å². The molecule has 1 amide bonds. The van der Waals surface area contributed by atoms with Gasteiger partial charge in [0.1, 0.15) is 17.5 Å². The van der Waals surface area contributed by atoms with Crippen molar-refractivity contribution in [2.45, 2.75) is 31.7 Å². The molecule has 2 aromatic carbocycles. The largest absolute Gasteiger partial charge is 0.495 e. The van der Waals surface area contributed by atoms with E-state index in [2.05, 4.69) is 15.0 Å². The Bertz CT molecular complexity index is 1260. The molecule has 3 aromatic rings. The number of nitrogens with zero attached hydrogens (tertiary/aromatic N) is 1. The molecule has 0 saturated heterocycles. The lowest BCUT2D eigenvalue weighted by atomic mass is 10.0. The maximum Gasteiger partial charge on any atom is 0.242 e. The van der Waals surface area contributed by atoms with E-state index in [9.17, 15) is 13.2 Å². The predicted molar refractivity (Wildman–Crippen MR) is 126 cm³/mol. The van der Waals surface area contributed by atoms with E-state index in [1.165, 1.54) is 37.7 Å². The number of aryl methyl sites for hydroxylation is 1. The van der Waals surface area contributed by atoms with Crippen molar-refractivity contribution in [3.63, 3.8) is 0 Å². The summed E-state index contributed by atoms with van der Waals surface area (Å²) in [7, 11) is -1.06. The Morgan fingerprint density at radius 1 is 1.12 bits per heavy atom. The molecule has 11 heteroatoms. The molecular weight excluding hydrogens is 474 g/mol. The molecule has 0 unspecified atom stereocenters. The topological polar surface area (TPSA) is 107 Å². The van der Waals surface area contributed by atoms with Gasteiger partial charge in [-0.1, -0.05) is 25.4 Å². The average molecular weight is 498 g/mol. The van der Waals surface area contributed by atoms with Gasteiger partial charge < -0.3 is 14.8 Å². The van der Waals surface area contributed by atoms with Gasteiger partial charge in [-0.25, -0.2) is 13.4 Å². The SMILES string of the molecule is COc1cc(OC)c(NC(=O)[C@H](NS(=O)(=O)c2ccc3nc(C)sc3c2)C(C)C)cc1Cl. The lowest BCUT2D eigenvalue weighted by Gasteiger charge is -2.22. The van der Waals surface area contributed by atoms with Crippen molar-refractivity contribution in [3.8, 4) is 11.5 Å². The van der Waals surface area contributed by atoms with Gasteiger partial charge in [-0.2, -0.15) is 4.72 Å². The van der Waals surface area contributed by atoms with Gasteiger partial charge in [-0.3, -0.25) is 4.79 Å². The quantitative estimate of drug-likeness (QED) is 0.482. The fourth-order valence-corrected chi connectivity index (χ4v) is 5.63. The number of rotatable bonds is 8. The summed E-state index contributed by atoms with van der Waals surface area (Å²) in [6, 6.07) is 6.68. The molecule has 3 rings (SSSR count). The van der Waals surface area contributed by atoms with Crippen molar-refractivity contribution in [3.05, 3.63) is 40.4 Å². The zero-order valence-corrected chi connectivity index (χ0v) is 20.6. The molecule has 0 fully saturated rings. The van der Waals surface area contributed by atoms with Crippen molar-refractivity contribution in [2.75, 3.05) is 19.5 Å². The molecule has 0 aliphatic heterocycles. The number of benzene rings is 2. The third-order valence-corrected chi connectivity index (χ3v) is 7.41. The third-order valence-electron chi connectivity index (χ3n) is 4.74. The Balaban J connectivity index is 1.87. The number of hydrogen-bond donors (Lipinski definition) is 2. The van der Waals surface area contributed by atoms with Crippen LogP contribution in [0.5, 0.6) is 11.5 Å². The summed E-state index contributed by atoms with van der Waals surface area (Å²) in [6.07, 6.45) is 0. The van der Waals surface area contributed by atoms with Crippen LogP contribution in [0, 0.1) is 12.8 Å². The normalized spacial score (nSPS) is 12.7. The van der Waals surface area contributed by atoms with Gasteiger partial charge >= 0.3 is 0 Å². The number of nitrogens with one attached hydrogen (secondary N) is 2. The average Bonchev–Trinajstić information content (AvgIpc) is 3.11. The first-order chi connectivity index (χ1) is 15.1. The Hall–Kier alpha value is -2.40. The van der Waals surface area contributed by atoms with E-state index in [1.54, 1.807) is 32.0 Å². The van der Waals surface area contributed by atoms with Crippen molar-refractivity contribution in [1.29, 1.82) is 0 Å². The molecule has 1 aromatic heterocycles. The Morgan fingerprint density at radius 2 is 1.81 bits per heavy atom. The fourth-order valence-electron chi connectivity index (χ4n) is 3.08. The van der Waals surface area contributed by atoms with Crippen LogP contribution in [0.3, 0.4) is 0 Å². The van der Waals surface area contributed by atoms with Crippen LogP contribution in [0.25, 0.3) is 10.2 Å². The van der Waals surface area contributed by atoms with Gasteiger partial charge in [0.05, 0.1) is 45.0 Å². The zero-order chi connectivity index (χ0) is 23.6.